The molecule has 8 heteroatoms. The number of fused-ring (bicyclic) bond motifs is 1. The van der Waals surface area contributed by atoms with E-state index in [2.05, 4.69) is 16.3 Å². The molecule has 0 radical (unpaired) electrons. The normalized spacial score (nSPS) is 19.6. The number of rotatable bonds is 6. The Balaban J connectivity index is 1.45. The molecule has 1 aliphatic carbocycles. The maximum Gasteiger partial charge on any atom is 0.228 e. The first-order valence-corrected chi connectivity index (χ1v) is 11.9. The zero-order chi connectivity index (χ0) is 23.8. The van der Waals surface area contributed by atoms with Gasteiger partial charge in [0, 0.05) is 50.0 Å². The first kappa shape index (κ1) is 22.4. The van der Waals surface area contributed by atoms with Crippen molar-refractivity contribution in [3.8, 4) is 17.2 Å². The molecule has 1 atom stereocenters. The van der Waals surface area contributed by atoms with Crippen LogP contribution in [0.2, 0.25) is 0 Å². The number of methoxy groups -OCH3 is 1. The summed E-state index contributed by atoms with van der Waals surface area (Å²) < 4.78 is 5.05. The maximum atomic E-state index is 12.5. The van der Waals surface area contributed by atoms with Gasteiger partial charge in [0.1, 0.15) is 11.9 Å². The number of anilines is 2. The molecule has 5 rings (SSSR count). The van der Waals surface area contributed by atoms with Crippen LogP contribution in [0.5, 0.6) is 0 Å². The van der Waals surface area contributed by atoms with E-state index in [1.165, 1.54) is 0 Å². The Morgan fingerprint density at radius 3 is 2.82 bits per heavy atom. The molecule has 2 fully saturated rings. The van der Waals surface area contributed by atoms with Crippen LogP contribution in [0.1, 0.15) is 48.9 Å². The average Bonchev–Trinajstić information content (AvgIpc) is 3.61. The van der Waals surface area contributed by atoms with Crippen molar-refractivity contribution >= 4 is 23.3 Å². The molecule has 0 unspecified atom stereocenters. The fourth-order valence-corrected chi connectivity index (χ4v) is 4.99. The summed E-state index contributed by atoms with van der Waals surface area (Å²) in [5.41, 5.74) is 5.38. The van der Waals surface area contributed by atoms with Crippen molar-refractivity contribution in [2.75, 3.05) is 43.6 Å². The van der Waals surface area contributed by atoms with Crippen LogP contribution in [0.4, 0.5) is 11.5 Å². The van der Waals surface area contributed by atoms with Crippen LogP contribution >= 0.6 is 0 Å². The van der Waals surface area contributed by atoms with E-state index < -0.39 is 0 Å². The fraction of sp³-hybridized carbons (Fsp3) is 0.462. The van der Waals surface area contributed by atoms with E-state index in [1.807, 2.05) is 36.1 Å². The van der Waals surface area contributed by atoms with Crippen LogP contribution in [-0.4, -0.2) is 61.1 Å². The minimum Gasteiger partial charge on any atom is -0.384 e. The maximum absolute atomic E-state index is 12.5. The minimum atomic E-state index is 0.00900. The van der Waals surface area contributed by atoms with Gasteiger partial charge in [0.15, 0.2) is 0 Å². The number of carbonyl (C=O) groups is 2. The molecular formula is C26H29N5O3. The molecule has 176 valence electrons. The zero-order valence-corrected chi connectivity index (χ0v) is 19.6. The number of aromatic nitrogens is 1. The number of nitrogens with zero attached hydrogens (tertiary/aromatic N) is 4. The Morgan fingerprint density at radius 1 is 1.29 bits per heavy atom. The molecule has 1 saturated carbocycles. The predicted octanol–water partition coefficient (Wildman–Crippen LogP) is 3.07. The summed E-state index contributed by atoms with van der Waals surface area (Å²) in [4.78, 5) is 33.4. The molecule has 0 bridgehead atoms. The van der Waals surface area contributed by atoms with Crippen molar-refractivity contribution in [3.63, 3.8) is 0 Å². The van der Waals surface area contributed by atoms with E-state index in [-0.39, 0.29) is 17.9 Å². The second kappa shape index (κ2) is 9.07. The number of benzene rings is 1. The number of hydrogen-bond acceptors (Lipinski definition) is 6. The molecule has 2 amide bonds. The van der Waals surface area contributed by atoms with Gasteiger partial charge in [-0.2, -0.15) is 5.26 Å². The van der Waals surface area contributed by atoms with Gasteiger partial charge in [0.05, 0.1) is 30.7 Å². The van der Waals surface area contributed by atoms with E-state index in [4.69, 9.17) is 9.72 Å². The fourth-order valence-electron chi connectivity index (χ4n) is 4.99. The topological polar surface area (TPSA) is 98.6 Å². The average molecular weight is 460 g/mol. The second-order valence-electron chi connectivity index (χ2n) is 9.40. The molecule has 3 aliphatic rings. The van der Waals surface area contributed by atoms with Crippen molar-refractivity contribution in [2.45, 2.75) is 44.6 Å². The molecule has 1 aromatic carbocycles. The third-order valence-electron chi connectivity index (χ3n) is 6.93. The Bertz CT molecular complexity index is 1180. The lowest BCUT2D eigenvalue weighted by Gasteiger charge is -2.41. The molecule has 2 aliphatic heterocycles. The number of nitriles is 1. The van der Waals surface area contributed by atoms with E-state index in [0.29, 0.717) is 56.4 Å². The van der Waals surface area contributed by atoms with Crippen LogP contribution in [0.25, 0.3) is 11.1 Å². The monoisotopic (exact) mass is 459 g/mol. The van der Waals surface area contributed by atoms with Crippen LogP contribution in [0.3, 0.4) is 0 Å². The van der Waals surface area contributed by atoms with E-state index >= 15 is 0 Å². The number of pyridine rings is 1. The summed E-state index contributed by atoms with van der Waals surface area (Å²) in [5, 5.41) is 12.9. The summed E-state index contributed by atoms with van der Waals surface area (Å²) in [7, 11) is 1.60. The lowest BCUT2D eigenvalue weighted by atomic mass is 9.96. The number of amides is 2. The van der Waals surface area contributed by atoms with Crippen LogP contribution in [-0.2, 0) is 20.7 Å². The second-order valence-corrected chi connectivity index (χ2v) is 9.40. The van der Waals surface area contributed by atoms with Gasteiger partial charge in [0.2, 0.25) is 11.8 Å². The van der Waals surface area contributed by atoms with Gasteiger partial charge in [-0.05, 0) is 49.1 Å². The van der Waals surface area contributed by atoms with Crippen LogP contribution in [0.15, 0.2) is 24.3 Å². The van der Waals surface area contributed by atoms with Crippen molar-refractivity contribution < 1.29 is 14.3 Å². The highest BCUT2D eigenvalue weighted by Gasteiger charge is 2.33. The molecule has 0 spiro atoms. The number of nitrogens with one attached hydrogen (secondary N) is 1. The quantitative estimate of drug-likeness (QED) is 0.713. The summed E-state index contributed by atoms with van der Waals surface area (Å²) in [6, 6.07) is 10.3. The molecule has 3 heterocycles. The predicted molar refractivity (Wildman–Crippen MR) is 129 cm³/mol. The molecule has 8 nitrogen and oxygen atoms in total. The third kappa shape index (κ3) is 4.24. The van der Waals surface area contributed by atoms with Crippen molar-refractivity contribution in [1.82, 2.24) is 9.88 Å². The molecule has 34 heavy (non-hydrogen) atoms. The third-order valence-corrected chi connectivity index (χ3v) is 6.93. The highest BCUT2D eigenvalue weighted by Crippen LogP contribution is 2.45. The first-order valence-electron chi connectivity index (χ1n) is 11.9. The Hall–Kier alpha value is -3.44. The van der Waals surface area contributed by atoms with Crippen molar-refractivity contribution in [3.05, 3.63) is 41.1 Å². The highest BCUT2D eigenvalue weighted by atomic mass is 16.5. The highest BCUT2D eigenvalue weighted by molar-refractivity contribution is 5.99. The number of carbonyl (C=O) groups excluding carboxylic acids is 2. The van der Waals surface area contributed by atoms with Crippen molar-refractivity contribution in [1.29, 1.82) is 5.26 Å². The smallest absolute Gasteiger partial charge is 0.228 e. The van der Waals surface area contributed by atoms with Crippen molar-refractivity contribution in [2.24, 2.45) is 0 Å². The largest absolute Gasteiger partial charge is 0.384 e. The summed E-state index contributed by atoms with van der Waals surface area (Å²) in [6.45, 7) is 4.34. The molecule has 1 N–H and O–H groups in total. The van der Waals surface area contributed by atoms with E-state index in [9.17, 15) is 14.9 Å². The summed E-state index contributed by atoms with van der Waals surface area (Å²) in [5.74, 6) is 1.21. The lowest BCUT2D eigenvalue weighted by molar-refractivity contribution is -0.134. The van der Waals surface area contributed by atoms with Gasteiger partial charge in [-0.15, -0.1) is 0 Å². The standard InChI is InChI=1S/C26H29N5O3/c1-16-15-30(8-9-31(16)24(33)7-10-34-2)26-20(14-27)12-21(25(29-26)17-3-4-17)18-5-6-22-19(11-18)13-23(32)28-22/h5-6,11-12,16-17H,3-4,7-10,13,15H2,1-2H3,(H,28,32)/t16-/m1/s1. The minimum absolute atomic E-state index is 0.00900. The van der Waals surface area contributed by atoms with Gasteiger partial charge < -0.3 is 19.9 Å². The lowest BCUT2D eigenvalue weighted by Crippen LogP contribution is -2.54. The van der Waals surface area contributed by atoms with Gasteiger partial charge in [-0.1, -0.05) is 6.07 Å². The molecule has 1 saturated heterocycles. The van der Waals surface area contributed by atoms with Gasteiger partial charge in [-0.25, -0.2) is 4.98 Å². The Kier molecular flexibility index (Phi) is 5.96. The van der Waals surface area contributed by atoms with Crippen LogP contribution in [0, 0.1) is 11.3 Å². The van der Waals surface area contributed by atoms with Gasteiger partial charge in [0.25, 0.3) is 0 Å². The van der Waals surface area contributed by atoms with E-state index in [1.54, 1.807) is 7.11 Å². The molecule has 2 aromatic rings. The number of piperazine rings is 1. The van der Waals surface area contributed by atoms with Gasteiger partial charge in [-0.3, -0.25) is 9.59 Å². The Morgan fingerprint density at radius 2 is 2.12 bits per heavy atom. The number of ether oxygens (including phenoxy) is 1. The van der Waals surface area contributed by atoms with Crippen LogP contribution < -0.4 is 10.2 Å². The number of hydrogen-bond donors (Lipinski definition) is 1. The molecule has 1 aromatic heterocycles. The van der Waals surface area contributed by atoms with Gasteiger partial charge >= 0.3 is 0 Å². The summed E-state index contributed by atoms with van der Waals surface area (Å²) in [6.07, 6.45) is 2.94. The summed E-state index contributed by atoms with van der Waals surface area (Å²) >= 11 is 0. The Labute approximate surface area is 199 Å². The zero-order valence-electron chi connectivity index (χ0n) is 19.6. The SMILES string of the molecule is COCCC(=O)N1CCN(c2nc(C3CC3)c(-c3ccc4c(c3)CC(=O)N4)cc2C#N)C[C@H]1C. The first-order chi connectivity index (χ1) is 16.5. The molecular weight excluding hydrogens is 430 g/mol. The van der Waals surface area contributed by atoms with E-state index in [0.717, 1.165) is 40.9 Å².